The maximum absolute atomic E-state index is 12.5. The van der Waals surface area contributed by atoms with E-state index in [9.17, 15) is 9.59 Å². The zero-order valence-electron chi connectivity index (χ0n) is 12.1. The second-order valence-corrected chi connectivity index (χ2v) is 6.27. The molecule has 5 nitrogen and oxygen atoms in total. The third kappa shape index (κ3) is 3.26. The molecule has 108 valence electrons. The standard InChI is InChI=1S/C14H24N2O3/c1-14(2)9-16(10-6-4-5-7-10)13(18)11(15-14)8-12(17)19-3/h10-11,15H,4-9H2,1-3H3. The first-order valence-electron chi connectivity index (χ1n) is 7.08. The van der Waals surface area contributed by atoms with E-state index in [1.807, 2.05) is 4.90 Å². The highest BCUT2D eigenvalue weighted by atomic mass is 16.5. The molecule has 1 amide bonds. The number of esters is 1. The molecule has 0 bridgehead atoms. The molecule has 5 heteroatoms. The van der Waals surface area contributed by atoms with Gasteiger partial charge in [-0.2, -0.15) is 0 Å². The highest BCUT2D eigenvalue weighted by Gasteiger charge is 2.42. The van der Waals surface area contributed by atoms with Gasteiger partial charge >= 0.3 is 5.97 Å². The molecule has 2 fully saturated rings. The number of amides is 1. The van der Waals surface area contributed by atoms with Crippen LogP contribution in [0, 0.1) is 0 Å². The molecule has 19 heavy (non-hydrogen) atoms. The highest BCUT2D eigenvalue weighted by Crippen LogP contribution is 2.28. The summed E-state index contributed by atoms with van der Waals surface area (Å²) < 4.78 is 4.68. The highest BCUT2D eigenvalue weighted by molar-refractivity contribution is 5.87. The molecule has 1 aliphatic heterocycles. The Morgan fingerprint density at radius 1 is 1.42 bits per heavy atom. The summed E-state index contributed by atoms with van der Waals surface area (Å²) in [6, 6.07) is -0.0918. The number of carbonyl (C=O) groups excluding carboxylic acids is 2. The number of rotatable bonds is 3. The molecule has 2 aliphatic rings. The Hall–Kier alpha value is -1.10. The summed E-state index contributed by atoms with van der Waals surface area (Å²) >= 11 is 0. The minimum atomic E-state index is -0.447. The Morgan fingerprint density at radius 2 is 2.05 bits per heavy atom. The fraction of sp³-hybridized carbons (Fsp3) is 0.857. The van der Waals surface area contributed by atoms with Crippen molar-refractivity contribution >= 4 is 11.9 Å². The summed E-state index contributed by atoms with van der Waals surface area (Å²) in [5, 5.41) is 3.27. The third-order valence-corrected chi connectivity index (χ3v) is 4.08. The van der Waals surface area contributed by atoms with E-state index in [2.05, 4.69) is 23.9 Å². The smallest absolute Gasteiger partial charge is 0.307 e. The van der Waals surface area contributed by atoms with Crippen LogP contribution in [0.15, 0.2) is 0 Å². The number of ether oxygens (including phenoxy) is 1. The van der Waals surface area contributed by atoms with Crippen LogP contribution in [0.2, 0.25) is 0 Å². The molecule has 1 atom stereocenters. The van der Waals surface area contributed by atoms with E-state index in [0.717, 1.165) is 12.8 Å². The lowest BCUT2D eigenvalue weighted by Gasteiger charge is -2.45. The summed E-state index contributed by atoms with van der Waals surface area (Å²) in [7, 11) is 1.36. The number of nitrogens with one attached hydrogen (secondary N) is 1. The first-order valence-corrected chi connectivity index (χ1v) is 7.08. The minimum Gasteiger partial charge on any atom is -0.469 e. The van der Waals surface area contributed by atoms with Crippen molar-refractivity contribution in [2.45, 2.75) is 63.6 Å². The number of carbonyl (C=O) groups is 2. The van der Waals surface area contributed by atoms with E-state index in [1.54, 1.807) is 0 Å². The van der Waals surface area contributed by atoms with Crippen LogP contribution in [0.4, 0.5) is 0 Å². The van der Waals surface area contributed by atoms with Crippen LogP contribution in [-0.4, -0.2) is 48.1 Å². The van der Waals surface area contributed by atoms with Crippen molar-refractivity contribution in [3.63, 3.8) is 0 Å². The zero-order chi connectivity index (χ0) is 14.0. The van der Waals surface area contributed by atoms with Gasteiger partial charge in [0.2, 0.25) is 5.91 Å². The van der Waals surface area contributed by atoms with Crippen LogP contribution in [0.25, 0.3) is 0 Å². The molecule has 1 saturated carbocycles. The van der Waals surface area contributed by atoms with Gasteiger partial charge in [-0.3, -0.25) is 14.9 Å². The molecule has 1 unspecified atom stereocenters. The number of hydrogen-bond donors (Lipinski definition) is 1. The molecular formula is C14H24N2O3. The lowest BCUT2D eigenvalue weighted by molar-refractivity contribution is -0.149. The van der Waals surface area contributed by atoms with E-state index in [0.29, 0.717) is 12.6 Å². The third-order valence-electron chi connectivity index (χ3n) is 4.08. The van der Waals surface area contributed by atoms with Crippen LogP contribution >= 0.6 is 0 Å². The van der Waals surface area contributed by atoms with E-state index < -0.39 is 6.04 Å². The molecule has 1 aliphatic carbocycles. The monoisotopic (exact) mass is 268 g/mol. The van der Waals surface area contributed by atoms with Gasteiger partial charge in [-0.15, -0.1) is 0 Å². The van der Waals surface area contributed by atoms with Crippen LogP contribution in [-0.2, 0) is 14.3 Å². The van der Waals surface area contributed by atoms with Gasteiger partial charge in [-0.1, -0.05) is 12.8 Å². The second-order valence-electron chi connectivity index (χ2n) is 6.27. The Balaban J connectivity index is 2.10. The summed E-state index contributed by atoms with van der Waals surface area (Å²) in [4.78, 5) is 25.9. The van der Waals surface area contributed by atoms with Crippen LogP contribution in [0.5, 0.6) is 0 Å². The van der Waals surface area contributed by atoms with Gasteiger partial charge in [0.25, 0.3) is 0 Å². The number of methoxy groups -OCH3 is 1. The van der Waals surface area contributed by atoms with Crippen molar-refractivity contribution in [1.29, 1.82) is 0 Å². The van der Waals surface area contributed by atoms with E-state index in [-0.39, 0.29) is 23.8 Å². The van der Waals surface area contributed by atoms with Crippen molar-refractivity contribution in [3.05, 3.63) is 0 Å². The number of piperazine rings is 1. The zero-order valence-corrected chi connectivity index (χ0v) is 12.1. The Kier molecular flexibility index (Phi) is 4.13. The fourth-order valence-corrected chi connectivity index (χ4v) is 3.20. The Morgan fingerprint density at radius 3 is 2.63 bits per heavy atom. The van der Waals surface area contributed by atoms with Crippen molar-refractivity contribution in [1.82, 2.24) is 10.2 Å². The predicted octanol–water partition coefficient (Wildman–Crippen LogP) is 1.07. The molecule has 0 aromatic heterocycles. The maximum Gasteiger partial charge on any atom is 0.307 e. The largest absolute Gasteiger partial charge is 0.469 e. The quantitative estimate of drug-likeness (QED) is 0.778. The maximum atomic E-state index is 12.5. The van der Waals surface area contributed by atoms with Crippen LogP contribution in [0.3, 0.4) is 0 Å². The summed E-state index contributed by atoms with van der Waals surface area (Å²) in [6.45, 7) is 4.87. The molecule has 0 radical (unpaired) electrons. The van der Waals surface area contributed by atoms with Crippen molar-refractivity contribution in [3.8, 4) is 0 Å². The van der Waals surface area contributed by atoms with Gasteiger partial charge < -0.3 is 9.64 Å². The second kappa shape index (κ2) is 5.49. The summed E-state index contributed by atoms with van der Waals surface area (Å²) in [6.07, 6.45) is 4.69. The molecule has 1 heterocycles. The molecule has 1 N–H and O–H groups in total. The van der Waals surface area contributed by atoms with Crippen molar-refractivity contribution in [2.75, 3.05) is 13.7 Å². The molecule has 1 saturated heterocycles. The average molecular weight is 268 g/mol. The molecule has 0 aromatic rings. The minimum absolute atomic E-state index is 0.0524. The van der Waals surface area contributed by atoms with Crippen LogP contribution in [0.1, 0.15) is 46.0 Å². The Labute approximate surface area is 114 Å². The SMILES string of the molecule is COC(=O)CC1NC(C)(C)CN(C2CCCC2)C1=O. The van der Waals surface area contributed by atoms with E-state index in [1.165, 1.54) is 20.0 Å². The summed E-state index contributed by atoms with van der Waals surface area (Å²) in [5.74, 6) is -0.286. The van der Waals surface area contributed by atoms with Gasteiger partial charge in [0.15, 0.2) is 0 Å². The van der Waals surface area contributed by atoms with Gasteiger partial charge in [-0.05, 0) is 26.7 Å². The van der Waals surface area contributed by atoms with Gasteiger partial charge in [0, 0.05) is 18.1 Å². The summed E-state index contributed by atoms with van der Waals surface area (Å²) in [5.41, 5.74) is -0.158. The van der Waals surface area contributed by atoms with Gasteiger partial charge in [-0.25, -0.2) is 0 Å². The number of nitrogens with zero attached hydrogens (tertiary/aromatic N) is 1. The normalized spacial score (nSPS) is 27.6. The van der Waals surface area contributed by atoms with Crippen molar-refractivity contribution < 1.29 is 14.3 Å². The first-order chi connectivity index (χ1) is 8.93. The van der Waals surface area contributed by atoms with Crippen molar-refractivity contribution in [2.24, 2.45) is 0 Å². The molecule has 0 aromatic carbocycles. The van der Waals surface area contributed by atoms with Gasteiger partial charge in [0.1, 0.15) is 0 Å². The molecule has 0 spiro atoms. The van der Waals surface area contributed by atoms with E-state index in [4.69, 9.17) is 0 Å². The first kappa shape index (κ1) is 14.3. The topological polar surface area (TPSA) is 58.6 Å². The van der Waals surface area contributed by atoms with Gasteiger partial charge in [0.05, 0.1) is 19.6 Å². The fourth-order valence-electron chi connectivity index (χ4n) is 3.20. The predicted molar refractivity (Wildman–Crippen MR) is 71.6 cm³/mol. The molecule has 2 rings (SSSR count). The lowest BCUT2D eigenvalue weighted by Crippen LogP contribution is -2.66. The average Bonchev–Trinajstić information content (AvgIpc) is 2.86. The van der Waals surface area contributed by atoms with Crippen LogP contribution < -0.4 is 5.32 Å². The lowest BCUT2D eigenvalue weighted by atomic mass is 9.94. The number of hydrogen-bond acceptors (Lipinski definition) is 4. The Bertz CT molecular complexity index is 362. The molecular weight excluding hydrogens is 244 g/mol. The van der Waals surface area contributed by atoms with E-state index >= 15 is 0 Å².